The van der Waals surface area contributed by atoms with Crippen LogP contribution in [-0.2, 0) is 19.3 Å². The van der Waals surface area contributed by atoms with E-state index in [4.69, 9.17) is 14.8 Å². The Morgan fingerprint density at radius 2 is 2.00 bits per heavy atom. The molecule has 4 rings (SSSR count). The maximum Gasteiger partial charge on any atom is 0.319 e. The highest BCUT2D eigenvalue weighted by molar-refractivity contribution is 7.91. The van der Waals surface area contributed by atoms with E-state index in [9.17, 15) is 13.2 Å². The monoisotopic (exact) mass is 487 g/mol. The maximum atomic E-state index is 12.6. The number of anilines is 2. The second-order valence-corrected chi connectivity index (χ2v) is 11.1. The van der Waals surface area contributed by atoms with Gasteiger partial charge >= 0.3 is 6.03 Å². The summed E-state index contributed by atoms with van der Waals surface area (Å²) < 4.78 is 29.8. The molecule has 34 heavy (non-hydrogen) atoms. The fraction of sp³-hybridized carbons (Fsp3) is 0.435. The number of hydrogen-bond acceptors (Lipinski definition) is 8. The molecule has 3 N–H and O–H groups in total. The van der Waals surface area contributed by atoms with Crippen molar-refractivity contribution in [1.29, 1.82) is 0 Å². The van der Waals surface area contributed by atoms with Crippen LogP contribution in [0.15, 0.2) is 42.7 Å². The lowest BCUT2D eigenvalue weighted by Crippen LogP contribution is -2.44. The number of amides is 2. The number of aromatic nitrogens is 2. The van der Waals surface area contributed by atoms with Gasteiger partial charge in [0, 0.05) is 30.1 Å². The van der Waals surface area contributed by atoms with Crippen LogP contribution in [0.3, 0.4) is 0 Å². The largest absolute Gasteiger partial charge is 0.511 e. The fourth-order valence-electron chi connectivity index (χ4n) is 4.00. The van der Waals surface area contributed by atoms with E-state index in [0.717, 1.165) is 0 Å². The Balaban J connectivity index is 1.66. The van der Waals surface area contributed by atoms with Crippen molar-refractivity contribution < 1.29 is 23.1 Å². The van der Waals surface area contributed by atoms with Gasteiger partial charge in [-0.05, 0) is 44.0 Å². The van der Waals surface area contributed by atoms with Gasteiger partial charge in [-0.15, -0.1) is 0 Å². The fourth-order valence-corrected chi connectivity index (χ4v) is 5.33. The lowest BCUT2D eigenvalue weighted by Gasteiger charge is -2.34. The molecule has 1 aromatic heterocycles. The van der Waals surface area contributed by atoms with E-state index in [1.807, 2.05) is 6.92 Å². The number of benzene rings is 1. The highest BCUT2D eigenvalue weighted by atomic mass is 32.2. The third kappa shape index (κ3) is 5.00. The van der Waals surface area contributed by atoms with Crippen LogP contribution >= 0.6 is 0 Å². The van der Waals surface area contributed by atoms with Crippen molar-refractivity contribution in [3.8, 4) is 11.4 Å². The number of nitrogens with zero attached hydrogens (tertiary/aromatic N) is 3. The minimum Gasteiger partial charge on any atom is -0.511 e. The highest BCUT2D eigenvalue weighted by Gasteiger charge is 2.55. The minimum absolute atomic E-state index is 0.0463. The molecular formula is C23H29N5O5S. The van der Waals surface area contributed by atoms with Gasteiger partial charge in [0.05, 0.1) is 31.5 Å². The van der Waals surface area contributed by atoms with Crippen LogP contribution in [0.1, 0.15) is 25.5 Å². The van der Waals surface area contributed by atoms with Gasteiger partial charge < -0.3 is 25.4 Å². The van der Waals surface area contributed by atoms with Gasteiger partial charge in [0.2, 0.25) is 0 Å². The number of sulfone groups is 1. The number of carbonyl (C=O) groups excluding carboxylic acids is 1. The second-order valence-electron chi connectivity index (χ2n) is 8.77. The van der Waals surface area contributed by atoms with Crippen molar-refractivity contribution in [2.75, 3.05) is 42.8 Å². The molecule has 1 atom stereocenters. The van der Waals surface area contributed by atoms with Crippen molar-refractivity contribution in [1.82, 2.24) is 15.3 Å². The zero-order chi connectivity index (χ0) is 24.5. The predicted molar refractivity (Wildman–Crippen MR) is 130 cm³/mol. The molecule has 2 heterocycles. The van der Waals surface area contributed by atoms with Gasteiger partial charge in [0.25, 0.3) is 0 Å². The summed E-state index contributed by atoms with van der Waals surface area (Å²) in [6.07, 6.45) is 2.34. The molecule has 2 amide bonds. The first-order valence-corrected chi connectivity index (χ1v) is 12.9. The lowest BCUT2D eigenvalue weighted by atomic mass is 10.1. The van der Waals surface area contributed by atoms with Crippen LogP contribution in [0.25, 0.3) is 11.4 Å². The predicted octanol–water partition coefficient (Wildman–Crippen LogP) is 2.60. The van der Waals surface area contributed by atoms with E-state index in [0.29, 0.717) is 61.2 Å². The summed E-state index contributed by atoms with van der Waals surface area (Å²) >= 11 is 0. The van der Waals surface area contributed by atoms with Crippen LogP contribution in [0.4, 0.5) is 16.3 Å². The number of hydrogen-bond donors (Lipinski definition) is 3. The first-order valence-electron chi connectivity index (χ1n) is 11.0. The molecule has 1 aliphatic carbocycles. The number of aliphatic hydroxyl groups is 1. The number of urea groups is 1. The van der Waals surface area contributed by atoms with Crippen LogP contribution in [0.2, 0.25) is 0 Å². The topological polar surface area (TPSA) is 134 Å². The van der Waals surface area contributed by atoms with Gasteiger partial charge in [0.1, 0.15) is 16.3 Å². The summed E-state index contributed by atoms with van der Waals surface area (Å²) in [5.41, 5.74) is 1.75. The Morgan fingerprint density at radius 3 is 2.59 bits per heavy atom. The first-order chi connectivity index (χ1) is 16.1. The van der Waals surface area contributed by atoms with Crippen molar-refractivity contribution in [3.63, 3.8) is 0 Å². The van der Waals surface area contributed by atoms with Crippen LogP contribution in [-0.4, -0.2) is 68.1 Å². The van der Waals surface area contributed by atoms with E-state index in [-0.39, 0.29) is 18.3 Å². The molecule has 182 valence electrons. The highest BCUT2D eigenvalue weighted by Crippen LogP contribution is 2.52. The Hall–Kier alpha value is -3.18. The molecule has 0 radical (unpaired) electrons. The molecule has 1 saturated carbocycles. The summed E-state index contributed by atoms with van der Waals surface area (Å²) in [4.78, 5) is 23.5. The molecule has 0 bridgehead atoms. The Morgan fingerprint density at radius 1 is 1.29 bits per heavy atom. The number of rotatable bonds is 7. The number of ether oxygens (including phenoxy) is 1. The van der Waals surface area contributed by atoms with Crippen LogP contribution in [0, 0.1) is 0 Å². The van der Waals surface area contributed by atoms with Gasteiger partial charge in [-0.2, -0.15) is 0 Å². The Labute approximate surface area is 199 Å². The smallest absolute Gasteiger partial charge is 0.319 e. The number of morpholine rings is 1. The average molecular weight is 488 g/mol. The molecule has 1 saturated heterocycles. The molecular weight excluding hydrogens is 458 g/mol. The minimum atomic E-state index is -3.35. The third-order valence-corrected chi connectivity index (χ3v) is 8.15. The van der Waals surface area contributed by atoms with E-state index in [1.54, 1.807) is 30.3 Å². The van der Waals surface area contributed by atoms with Crippen molar-refractivity contribution in [2.24, 2.45) is 0 Å². The molecule has 2 aliphatic rings. The summed E-state index contributed by atoms with van der Waals surface area (Å²) in [5, 5.41) is 14.2. The molecule has 1 aliphatic heterocycles. The van der Waals surface area contributed by atoms with E-state index in [1.165, 1.54) is 6.26 Å². The van der Waals surface area contributed by atoms with Crippen molar-refractivity contribution >= 4 is 27.4 Å². The summed E-state index contributed by atoms with van der Waals surface area (Å²) in [5.74, 6) is 0.959. The van der Waals surface area contributed by atoms with Crippen molar-refractivity contribution in [2.45, 2.75) is 30.6 Å². The van der Waals surface area contributed by atoms with E-state index in [2.05, 4.69) is 27.1 Å². The molecule has 0 spiro atoms. The van der Waals surface area contributed by atoms with Gasteiger partial charge in [-0.1, -0.05) is 6.58 Å². The van der Waals surface area contributed by atoms with Crippen molar-refractivity contribution in [3.05, 3.63) is 48.4 Å². The molecule has 2 aromatic rings. The maximum absolute atomic E-state index is 12.6. The standard InChI is InChI=1S/C23H29N5O5S/c1-15-14-33-11-10-28(15)20-12-19(23(8-9-23)34(3,31)32)26-21(27-20)17-4-6-18(7-5-17)25-22(30)24-13-16(2)29/h4-7,12,15,29H,2,8-11,13-14H2,1,3H3,(H2,24,25,30)/t15-/m0/s1. The summed E-state index contributed by atoms with van der Waals surface area (Å²) in [6, 6.07) is 8.37. The quantitative estimate of drug-likeness (QED) is 0.508. The van der Waals surface area contributed by atoms with E-state index >= 15 is 0 Å². The van der Waals surface area contributed by atoms with Crippen LogP contribution in [0.5, 0.6) is 0 Å². The van der Waals surface area contributed by atoms with Gasteiger partial charge in [-0.3, -0.25) is 0 Å². The average Bonchev–Trinajstić information content (AvgIpc) is 3.61. The normalized spacial score (nSPS) is 19.4. The zero-order valence-electron chi connectivity index (χ0n) is 19.2. The second kappa shape index (κ2) is 9.22. The first kappa shape index (κ1) is 24.0. The van der Waals surface area contributed by atoms with E-state index < -0.39 is 20.6 Å². The molecule has 10 nitrogen and oxygen atoms in total. The number of carbonyl (C=O) groups is 1. The van der Waals surface area contributed by atoms with Crippen LogP contribution < -0.4 is 15.5 Å². The Kier molecular flexibility index (Phi) is 6.50. The molecule has 2 fully saturated rings. The molecule has 11 heteroatoms. The van der Waals surface area contributed by atoms with Gasteiger partial charge in [-0.25, -0.2) is 23.2 Å². The number of nitrogens with one attached hydrogen (secondary N) is 2. The zero-order valence-corrected chi connectivity index (χ0v) is 20.1. The molecule has 1 aromatic carbocycles. The third-order valence-electron chi connectivity index (χ3n) is 6.11. The molecule has 0 unspecified atom stereocenters. The lowest BCUT2D eigenvalue weighted by molar-refractivity contribution is 0.0985. The van der Waals surface area contributed by atoms with Gasteiger partial charge in [0.15, 0.2) is 15.7 Å². The summed E-state index contributed by atoms with van der Waals surface area (Å²) in [6.45, 7) is 7.11. The number of aliphatic hydroxyl groups excluding tert-OH is 1. The Bertz CT molecular complexity index is 1190. The SMILES string of the molecule is C=C(O)CNC(=O)Nc1ccc(-c2nc(N3CCOC[C@@H]3C)cc(C3(S(C)(=O)=O)CC3)n2)cc1. The summed E-state index contributed by atoms with van der Waals surface area (Å²) in [7, 11) is -3.35.